The van der Waals surface area contributed by atoms with Crippen LogP contribution in [0, 0.1) is 0 Å². The Morgan fingerprint density at radius 1 is 0.920 bits per heavy atom. The number of nitrogens with zero attached hydrogens (tertiary/aromatic N) is 2. The van der Waals surface area contributed by atoms with Gasteiger partial charge < -0.3 is 5.11 Å². The van der Waals surface area contributed by atoms with Crippen molar-refractivity contribution in [3.63, 3.8) is 0 Å². The highest BCUT2D eigenvalue weighted by molar-refractivity contribution is 6.21. The summed E-state index contributed by atoms with van der Waals surface area (Å²) in [6, 6.07) is 14.8. The fourth-order valence-electron chi connectivity index (χ4n) is 3.02. The molecule has 4 rings (SSSR count). The topological polar surface area (TPSA) is 87.6 Å². The second kappa shape index (κ2) is 5.52. The highest BCUT2D eigenvalue weighted by Gasteiger charge is 2.35. The van der Waals surface area contributed by atoms with Gasteiger partial charge in [0.25, 0.3) is 11.8 Å². The Morgan fingerprint density at radius 3 is 2.24 bits per heavy atom. The van der Waals surface area contributed by atoms with Gasteiger partial charge in [0.15, 0.2) is 0 Å². The van der Waals surface area contributed by atoms with Gasteiger partial charge in [0.1, 0.15) is 0 Å². The SMILES string of the molecule is O=C(O)c1cccc2nc(CN3C(=O)c4ccccc4C3=O)ccc12. The van der Waals surface area contributed by atoms with Crippen LogP contribution in [0.25, 0.3) is 10.9 Å². The summed E-state index contributed by atoms with van der Waals surface area (Å²) in [6.45, 7) is 0.0413. The number of fused-ring (bicyclic) bond motifs is 2. The number of pyridine rings is 1. The lowest BCUT2D eigenvalue weighted by atomic mass is 10.1. The number of hydrogen-bond donors (Lipinski definition) is 1. The van der Waals surface area contributed by atoms with E-state index in [0.29, 0.717) is 27.7 Å². The number of carboxylic acids is 1. The molecule has 0 saturated heterocycles. The minimum atomic E-state index is -1.03. The minimum absolute atomic E-state index is 0.0413. The number of aromatic carboxylic acids is 1. The number of hydrogen-bond acceptors (Lipinski definition) is 4. The van der Waals surface area contributed by atoms with Crippen molar-refractivity contribution in [1.29, 1.82) is 0 Å². The zero-order valence-corrected chi connectivity index (χ0v) is 13.0. The first-order valence-corrected chi connectivity index (χ1v) is 7.63. The van der Waals surface area contributed by atoms with Crippen LogP contribution in [0.3, 0.4) is 0 Å². The molecule has 0 bridgehead atoms. The number of carboxylic acid groups (broad SMARTS) is 1. The quantitative estimate of drug-likeness (QED) is 0.745. The molecule has 6 heteroatoms. The fourth-order valence-corrected chi connectivity index (χ4v) is 3.02. The number of aromatic nitrogens is 1. The fraction of sp³-hybridized carbons (Fsp3) is 0.0526. The molecule has 0 atom stereocenters. The lowest BCUT2D eigenvalue weighted by molar-refractivity contribution is 0.0638. The van der Waals surface area contributed by atoms with Gasteiger partial charge in [0.05, 0.1) is 34.4 Å². The van der Waals surface area contributed by atoms with Gasteiger partial charge in [-0.15, -0.1) is 0 Å². The predicted octanol–water partition coefficient (Wildman–Crippen LogP) is 2.73. The molecule has 122 valence electrons. The molecule has 0 aliphatic carbocycles. The summed E-state index contributed by atoms with van der Waals surface area (Å²) in [7, 11) is 0. The Kier molecular flexibility index (Phi) is 3.32. The number of carbonyl (C=O) groups is 3. The van der Waals surface area contributed by atoms with Crippen molar-refractivity contribution in [2.75, 3.05) is 0 Å². The lowest BCUT2D eigenvalue weighted by Crippen LogP contribution is -2.29. The Balaban J connectivity index is 1.69. The molecular formula is C19H12N2O4. The van der Waals surface area contributed by atoms with Crippen LogP contribution < -0.4 is 0 Å². The van der Waals surface area contributed by atoms with Crippen LogP contribution in [-0.2, 0) is 6.54 Å². The summed E-state index contributed by atoms with van der Waals surface area (Å²) in [6.07, 6.45) is 0. The Hall–Kier alpha value is -3.54. The average molecular weight is 332 g/mol. The predicted molar refractivity (Wildman–Crippen MR) is 89.3 cm³/mol. The van der Waals surface area contributed by atoms with Crippen LogP contribution in [-0.4, -0.2) is 32.8 Å². The van der Waals surface area contributed by atoms with E-state index in [1.54, 1.807) is 48.5 Å². The molecule has 2 heterocycles. The van der Waals surface area contributed by atoms with E-state index in [-0.39, 0.29) is 23.9 Å². The Morgan fingerprint density at radius 2 is 1.60 bits per heavy atom. The Labute approximate surface area is 142 Å². The average Bonchev–Trinajstić information content (AvgIpc) is 2.86. The zero-order chi connectivity index (χ0) is 17.6. The van der Waals surface area contributed by atoms with E-state index in [4.69, 9.17) is 0 Å². The molecule has 2 amide bonds. The first-order chi connectivity index (χ1) is 12.1. The van der Waals surface area contributed by atoms with Crippen molar-refractivity contribution in [2.45, 2.75) is 6.54 Å². The van der Waals surface area contributed by atoms with Gasteiger partial charge in [-0.3, -0.25) is 19.5 Å². The molecule has 1 aliphatic rings. The maximum absolute atomic E-state index is 12.4. The van der Waals surface area contributed by atoms with E-state index in [1.165, 1.54) is 6.07 Å². The molecule has 6 nitrogen and oxygen atoms in total. The third-order valence-corrected chi connectivity index (χ3v) is 4.22. The molecule has 0 radical (unpaired) electrons. The van der Waals surface area contributed by atoms with Crippen molar-refractivity contribution in [1.82, 2.24) is 9.88 Å². The van der Waals surface area contributed by atoms with E-state index in [0.717, 1.165) is 4.90 Å². The Bertz CT molecular complexity index is 1020. The summed E-state index contributed by atoms with van der Waals surface area (Å²) in [5.74, 6) is -1.72. The maximum Gasteiger partial charge on any atom is 0.336 e. The summed E-state index contributed by atoms with van der Waals surface area (Å²) in [5.41, 5.74) is 1.97. The molecule has 3 aromatic rings. The summed E-state index contributed by atoms with van der Waals surface area (Å²) >= 11 is 0. The van der Waals surface area contributed by atoms with E-state index in [9.17, 15) is 19.5 Å². The van der Waals surface area contributed by atoms with Gasteiger partial charge in [0, 0.05) is 5.39 Å². The van der Waals surface area contributed by atoms with Crippen LogP contribution in [0.4, 0.5) is 0 Å². The van der Waals surface area contributed by atoms with Gasteiger partial charge in [-0.1, -0.05) is 24.3 Å². The van der Waals surface area contributed by atoms with Crippen LogP contribution in [0.2, 0.25) is 0 Å². The van der Waals surface area contributed by atoms with E-state index < -0.39 is 5.97 Å². The molecule has 1 aliphatic heterocycles. The summed E-state index contributed by atoms with van der Waals surface area (Å²) in [4.78, 5) is 41.7. The third kappa shape index (κ3) is 2.35. The minimum Gasteiger partial charge on any atom is -0.478 e. The van der Waals surface area contributed by atoms with Gasteiger partial charge in [0.2, 0.25) is 0 Å². The zero-order valence-electron chi connectivity index (χ0n) is 13.0. The first-order valence-electron chi connectivity index (χ1n) is 7.63. The standard InChI is InChI=1S/C19H12N2O4/c22-17-13-4-1-2-5-14(13)18(23)21(17)10-11-8-9-12-15(19(24)25)6-3-7-16(12)20-11/h1-9H,10H2,(H,24,25). The number of amides is 2. The lowest BCUT2D eigenvalue weighted by Gasteiger charge is -2.13. The van der Waals surface area contributed by atoms with Crippen molar-refractivity contribution in [3.8, 4) is 0 Å². The third-order valence-electron chi connectivity index (χ3n) is 4.22. The maximum atomic E-state index is 12.4. The summed E-state index contributed by atoms with van der Waals surface area (Å²) in [5, 5.41) is 9.74. The van der Waals surface area contributed by atoms with Crippen molar-refractivity contribution in [2.24, 2.45) is 0 Å². The number of benzene rings is 2. The van der Waals surface area contributed by atoms with Gasteiger partial charge in [-0.25, -0.2) is 4.79 Å². The second-order valence-electron chi connectivity index (χ2n) is 5.72. The van der Waals surface area contributed by atoms with Crippen molar-refractivity contribution in [3.05, 3.63) is 77.0 Å². The van der Waals surface area contributed by atoms with Gasteiger partial charge in [-0.05, 0) is 30.3 Å². The molecule has 1 aromatic heterocycles. The molecule has 2 aromatic carbocycles. The van der Waals surface area contributed by atoms with Gasteiger partial charge in [-0.2, -0.15) is 0 Å². The second-order valence-corrected chi connectivity index (χ2v) is 5.72. The summed E-state index contributed by atoms with van der Waals surface area (Å²) < 4.78 is 0. The number of rotatable bonds is 3. The molecule has 0 unspecified atom stereocenters. The normalized spacial score (nSPS) is 13.4. The van der Waals surface area contributed by atoms with Crippen LogP contribution in [0.15, 0.2) is 54.6 Å². The van der Waals surface area contributed by atoms with Crippen LogP contribution in [0.5, 0.6) is 0 Å². The van der Waals surface area contributed by atoms with Crippen LogP contribution >= 0.6 is 0 Å². The molecule has 0 fully saturated rings. The molecule has 1 N–H and O–H groups in total. The molecular weight excluding hydrogens is 320 g/mol. The number of carbonyl (C=O) groups excluding carboxylic acids is 2. The van der Waals surface area contributed by atoms with Crippen molar-refractivity contribution < 1.29 is 19.5 Å². The highest BCUT2D eigenvalue weighted by atomic mass is 16.4. The highest BCUT2D eigenvalue weighted by Crippen LogP contribution is 2.25. The first kappa shape index (κ1) is 15.0. The molecule has 0 saturated carbocycles. The monoisotopic (exact) mass is 332 g/mol. The molecule has 25 heavy (non-hydrogen) atoms. The largest absolute Gasteiger partial charge is 0.478 e. The van der Waals surface area contributed by atoms with Crippen molar-refractivity contribution >= 4 is 28.7 Å². The number of imide groups is 1. The van der Waals surface area contributed by atoms with Crippen LogP contribution in [0.1, 0.15) is 36.8 Å². The smallest absolute Gasteiger partial charge is 0.336 e. The molecule has 0 spiro atoms. The van der Waals surface area contributed by atoms with E-state index in [1.807, 2.05) is 0 Å². The van der Waals surface area contributed by atoms with Gasteiger partial charge >= 0.3 is 5.97 Å². The van der Waals surface area contributed by atoms with E-state index in [2.05, 4.69) is 4.98 Å². The van der Waals surface area contributed by atoms with E-state index >= 15 is 0 Å².